The Kier molecular flexibility index (Phi) is 4.43. The number of hydrogen-bond donors (Lipinski definition) is 1. The molecule has 0 aliphatic carbocycles. The maximum Gasteiger partial charge on any atom is 0.250 e. The molecule has 2 aromatic rings. The molecule has 1 aliphatic heterocycles. The average Bonchev–Trinajstić information content (AvgIpc) is 2.86. The third-order valence-corrected chi connectivity index (χ3v) is 4.39. The number of hydrogen-bond acceptors (Lipinski definition) is 3. The number of benzene rings is 2. The smallest absolute Gasteiger partial charge is 0.250 e. The number of carbonyl (C=O) groups excluding carboxylic acids is 1. The zero-order valence-corrected chi connectivity index (χ0v) is 14.4. The van der Waals surface area contributed by atoms with Gasteiger partial charge < -0.3 is 5.11 Å². The highest BCUT2D eigenvalue weighted by Gasteiger charge is 2.44. The zero-order chi connectivity index (χ0) is 17.3. The molecule has 1 aliphatic rings. The monoisotopic (exact) mass is 342 g/mol. The van der Waals surface area contributed by atoms with Crippen LogP contribution < -0.4 is 0 Å². The van der Waals surface area contributed by atoms with E-state index < -0.39 is 5.72 Å². The highest BCUT2D eigenvalue weighted by Crippen LogP contribution is 2.36. The van der Waals surface area contributed by atoms with Crippen LogP contribution >= 0.6 is 11.6 Å². The van der Waals surface area contributed by atoms with Gasteiger partial charge in [0.05, 0.1) is 6.42 Å². The minimum Gasteiger partial charge on any atom is -0.365 e. The van der Waals surface area contributed by atoms with E-state index in [1.807, 2.05) is 31.2 Å². The second-order valence-corrected chi connectivity index (χ2v) is 6.64. The lowest BCUT2D eigenvalue weighted by Crippen LogP contribution is -2.44. The molecule has 0 aromatic heterocycles. The Bertz CT molecular complexity index is 784. The van der Waals surface area contributed by atoms with Crippen molar-refractivity contribution in [3.05, 3.63) is 70.2 Å². The Hall–Kier alpha value is -2.17. The van der Waals surface area contributed by atoms with Gasteiger partial charge in [-0.25, -0.2) is 0 Å². The molecule has 1 N–H and O–H groups in total. The van der Waals surface area contributed by atoms with Gasteiger partial charge in [0, 0.05) is 22.7 Å². The van der Waals surface area contributed by atoms with Crippen molar-refractivity contribution in [1.82, 2.24) is 5.01 Å². The van der Waals surface area contributed by atoms with Crippen LogP contribution in [0.3, 0.4) is 0 Å². The zero-order valence-electron chi connectivity index (χ0n) is 13.7. The van der Waals surface area contributed by atoms with Crippen molar-refractivity contribution in [3.8, 4) is 0 Å². The summed E-state index contributed by atoms with van der Waals surface area (Å²) in [4.78, 5) is 12.7. The Labute approximate surface area is 146 Å². The fraction of sp³-hybridized carbons (Fsp3) is 0.263. The molecule has 24 heavy (non-hydrogen) atoms. The molecule has 5 heteroatoms. The molecule has 0 saturated heterocycles. The first-order chi connectivity index (χ1) is 11.4. The Balaban J connectivity index is 1.87. The van der Waals surface area contributed by atoms with Crippen molar-refractivity contribution in [2.75, 3.05) is 0 Å². The van der Waals surface area contributed by atoms with E-state index in [0.717, 1.165) is 11.1 Å². The van der Waals surface area contributed by atoms with Gasteiger partial charge in [0.2, 0.25) is 5.91 Å². The van der Waals surface area contributed by atoms with Gasteiger partial charge in [0.1, 0.15) is 0 Å². The van der Waals surface area contributed by atoms with Gasteiger partial charge in [0.15, 0.2) is 5.72 Å². The molecule has 0 spiro atoms. The third-order valence-electron chi connectivity index (χ3n) is 4.14. The normalized spacial score (nSPS) is 20.2. The van der Waals surface area contributed by atoms with Crippen LogP contribution in [0.4, 0.5) is 0 Å². The summed E-state index contributed by atoms with van der Waals surface area (Å²) in [5.74, 6) is -0.242. The SMILES string of the molecule is CC1=NN(C(=O)Cc2ccc(C)cc2)[C@@](O)(c2ccc(Cl)cc2)C1. The van der Waals surface area contributed by atoms with Crippen LogP contribution in [0.25, 0.3) is 0 Å². The topological polar surface area (TPSA) is 52.9 Å². The first-order valence-electron chi connectivity index (χ1n) is 7.79. The Morgan fingerprint density at radius 2 is 1.79 bits per heavy atom. The van der Waals surface area contributed by atoms with Crippen LogP contribution in [0.5, 0.6) is 0 Å². The van der Waals surface area contributed by atoms with Crippen molar-refractivity contribution >= 4 is 23.2 Å². The van der Waals surface area contributed by atoms with Crippen LogP contribution in [0.15, 0.2) is 53.6 Å². The highest BCUT2D eigenvalue weighted by atomic mass is 35.5. The van der Waals surface area contributed by atoms with Gasteiger partial charge >= 0.3 is 0 Å². The van der Waals surface area contributed by atoms with E-state index in [-0.39, 0.29) is 18.7 Å². The quantitative estimate of drug-likeness (QED) is 0.925. The summed E-state index contributed by atoms with van der Waals surface area (Å²) in [7, 11) is 0. The third kappa shape index (κ3) is 3.21. The molecular weight excluding hydrogens is 324 g/mol. The Morgan fingerprint density at radius 3 is 2.42 bits per heavy atom. The van der Waals surface area contributed by atoms with Gasteiger partial charge in [-0.2, -0.15) is 10.1 Å². The summed E-state index contributed by atoms with van der Waals surface area (Å²) < 4.78 is 0. The van der Waals surface area contributed by atoms with E-state index in [1.54, 1.807) is 31.2 Å². The second kappa shape index (κ2) is 6.38. The van der Waals surface area contributed by atoms with Crippen molar-refractivity contribution in [3.63, 3.8) is 0 Å². The number of nitrogens with zero attached hydrogens (tertiary/aromatic N) is 2. The van der Waals surface area contributed by atoms with E-state index in [4.69, 9.17) is 11.6 Å². The average molecular weight is 343 g/mol. The molecule has 124 valence electrons. The number of hydrazone groups is 1. The van der Waals surface area contributed by atoms with E-state index in [1.165, 1.54) is 5.01 Å². The maximum atomic E-state index is 12.7. The van der Waals surface area contributed by atoms with E-state index in [9.17, 15) is 9.90 Å². The molecule has 1 amide bonds. The van der Waals surface area contributed by atoms with E-state index >= 15 is 0 Å². The lowest BCUT2D eigenvalue weighted by molar-refractivity contribution is -0.157. The summed E-state index contributed by atoms with van der Waals surface area (Å²) in [6.45, 7) is 3.80. The lowest BCUT2D eigenvalue weighted by atomic mass is 9.97. The lowest BCUT2D eigenvalue weighted by Gasteiger charge is -2.31. The molecule has 1 heterocycles. The summed E-state index contributed by atoms with van der Waals surface area (Å²) >= 11 is 5.92. The summed E-state index contributed by atoms with van der Waals surface area (Å²) in [5, 5.41) is 17.2. The first kappa shape index (κ1) is 16.7. The predicted octanol–water partition coefficient (Wildman–Crippen LogP) is 3.64. The molecule has 0 fully saturated rings. The van der Waals surface area contributed by atoms with Crippen LogP contribution in [-0.4, -0.2) is 21.7 Å². The molecule has 0 unspecified atom stereocenters. The van der Waals surface area contributed by atoms with Gasteiger partial charge in [-0.15, -0.1) is 0 Å². The fourth-order valence-electron chi connectivity index (χ4n) is 2.88. The second-order valence-electron chi connectivity index (χ2n) is 6.20. The Morgan fingerprint density at radius 1 is 1.17 bits per heavy atom. The molecule has 0 radical (unpaired) electrons. The summed E-state index contributed by atoms with van der Waals surface area (Å²) in [6.07, 6.45) is 0.473. The molecule has 0 saturated carbocycles. The summed E-state index contributed by atoms with van der Waals surface area (Å²) in [5.41, 5.74) is 1.88. The number of amides is 1. The number of rotatable bonds is 3. The van der Waals surface area contributed by atoms with Gasteiger partial charge in [-0.1, -0.05) is 53.6 Å². The maximum absolute atomic E-state index is 12.7. The molecule has 3 rings (SSSR count). The van der Waals surface area contributed by atoms with Crippen LogP contribution in [0, 0.1) is 6.92 Å². The predicted molar refractivity (Wildman–Crippen MR) is 94.8 cm³/mol. The van der Waals surface area contributed by atoms with Crippen LogP contribution in [0.2, 0.25) is 5.02 Å². The minimum atomic E-state index is -1.46. The molecule has 2 aromatic carbocycles. The standard InChI is InChI=1S/C19H19ClN2O2/c1-13-3-5-15(6-4-13)11-18(23)22-19(24,12-14(2)21-22)16-7-9-17(20)10-8-16/h3-10,24H,11-12H2,1-2H3/t19-/m0/s1. The number of carbonyl (C=O) groups is 1. The first-order valence-corrected chi connectivity index (χ1v) is 8.17. The molecular formula is C19H19ClN2O2. The molecule has 4 nitrogen and oxygen atoms in total. The largest absolute Gasteiger partial charge is 0.365 e. The van der Waals surface area contributed by atoms with Gasteiger partial charge in [-0.3, -0.25) is 4.79 Å². The fourth-order valence-corrected chi connectivity index (χ4v) is 3.01. The minimum absolute atomic E-state index is 0.187. The van der Waals surface area contributed by atoms with Crippen molar-refractivity contribution < 1.29 is 9.90 Å². The summed E-state index contributed by atoms with van der Waals surface area (Å²) in [6, 6.07) is 14.6. The van der Waals surface area contributed by atoms with E-state index in [0.29, 0.717) is 16.3 Å². The molecule has 1 atom stereocenters. The van der Waals surface area contributed by atoms with Crippen molar-refractivity contribution in [2.45, 2.75) is 32.4 Å². The van der Waals surface area contributed by atoms with Crippen molar-refractivity contribution in [2.24, 2.45) is 5.10 Å². The molecule has 0 bridgehead atoms. The highest BCUT2D eigenvalue weighted by molar-refractivity contribution is 6.30. The van der Waals surface area contributed by atoms with Crippen LogP contribution in [0.1, 0.15) is 30.0 Å². The number of halogens is 1. The van der Waals surface area contributed by atoms with E-state index in [2.05, 4.69) is 5.10 Å². The van der Waals surface area contributed by atoms with Gasteiger partial charge in [-0.05, 0) is 31.5 Å². The van der Waals surface area contributed by atoms with Crippen LogP contribution in [-0.2, 0) is 16.9 Å². The van der Waals surface area contributed by atoms with Gasteiger partial charge in [0.25, 0.3) is 0 Å². The number of aryl methyl sites for hydroxylation is 1. The van der Waals surface area contributed by atoms with Crippen molar-refractivity contribution in [1.29, 1.82) is 0 Å². The number of aliphatic hydroxyl groups is 1.